The van der Waals surface area contributed by atoms with Gasteiger partial charge in [0.2, 0.25) is 0 Å². The van der Waals surface area contributed by atoms with Gasteiger partial charge in [-0.2, -0.15) is 0 Å². The SMILES string of the molecule is Cc1c(C(C)C(=O)OC(C)(C)C)c2c(F)c(O)ccc2n1C(=O)c1ccc(F)c(F)c1. The molecule has 3 rings (SSSR count). The van der Waals surface area contributed by atoms with E-state index in [1.54, 1.807) is 20.8 Å². The molecule has 3 aromatic rings. The van der Waals surface area contributed by atoms with Gasteiger partial charge in [0.05, 0.1) is 11.4 Å². The predicted octanol–water partition coefficient (Wildman–Crippen LogP) is 5.21. The third kappa shape index (κ3) is 4.02. The first-order valence-corrected chi connectivity index (χ1v) is 9.58. The summed E-state index contributed by atoms with van der Waals surface area (Å²) in [6.45, 7) is 8.07. The van der Waals surface area contributed by atoms with Gasteiger partial charge in [0.15, 0.2) is 23.2 Å². The van der Waals surface area contributed by atoms with Crippen molar-refractivity contribution in [1.29, 1.82) is 0 Å². The molecule has 1 aromatic heterocycles. The van der Waals surface area contributed by atoms with Gasteiger partial charge in [-0.25, -0.2) is 13.2 Å². The molecule has 31 heavy (non-hydrogen) atoms. The van der Waals surface area contributed by atoms with Gasteiger partial charge in [0.25, 0.3) is 5.91 Å². The molecule has 0 amide bonds. The molecule has 0 spiro atoms. The van der Waals surface area contributed by atoms with Gasteiger partial charge in [-0.1, -0.05) is 0 Å². The molecule has 0 radical (unpaired) electrons. The van der Waals surface area contributed by atoms with Gasteiger partial charge in [-0.05, 0) is 70.5 Å². The first-order chi connectivity index (χ1) is 14.3. The van der Waals surface area contributed by atoms with Crippen LogP contribution in [0.2, 0.25) is 0 Å². The second-order valence-corrected chi connectivity index (χ2v) is 8.32. The third-order valence-electron chi connectivity index (χ3n) is 4.90. The topological polar surface area (TPSA) is 68.5 Å². The zero-order valence-electron chi connectivity index (χ0n) is 17.7. The number of nitrogens with zero attached hydrogens (tertiary/aromatic N) is 1. The summed E-state index contributed by atoms with van der Waals surface area (Å²) in [5.41, 5.74) is -0.502. The van der Waals surface area contributed by atoms with Crippen molar-refractivity contribution in [2.24, 2.45) is 0 Å². The molecule has 0 fully saturated rings. The van der Waals surface area contributed by atoms with Gasteiger partial charge in [-0.15, -0.1) is 0 Å². The lowest BCUT2D eigenvalue weighted by atomic mass is 9.97. The van der Waals surface area contributed by atoms with Crippen molar-refractivity contribution in [3.63, 3.8) is 0 Å². The van der Waals surface area contributed by atoms with E-state index in [-0.39, 0.29) is 27.7 Å². The Balaban J connectivity index is 2.26. The number of esters is 1. The van der Waals surface area contributed by atoms with Crippen LogP contribution >= 0.6 is 0 Å². The summed E-state index contributed by atoms with van der Waals surface area (Å²) in [6, 6.07) is 5.08. The van der Waals surface area contributed by atoms with Crippen LogP contribution in [0.3, 0.4) is 0 Å². The number of aromatic hydroxyl groups is 1. The highest BCUT2D eigenvalue weighted by Crippen LogP contribution is 2.38. The molecule has 0 saturated heterocycles. The van der Waals surface area contributed by atoms with Gasteiger partial charge in [-0.3, -0.25) is 14.2 Å². The maximum atomic E-state index is 15.0. The Hall–Kier alpha value is -3.29. The molecular weight excluding hydrogens is 411 g/mol. The van der Waals surface area contributed by atoms with Crippen LogP contribution in [0.1, 0.15) is 55.2 Å². The van der Waals surface area contributed by atoms with Crippen molar-refractivity contribution < 1.29 is 32.6 Å². The Kier molecular flexibility index (Phi) is 5.60. The predicted molar refractivity (Wildman–Crippen MR) is 109 cm³/mol. The largest absolute Gasteiger partial charge is 0.505 e. The summed E-state index contributed by atoms with van der Waals surface area (Å²) in [7, 11) is 0. The average molecular weight is 433 g/mol. The Morgan fingerprint density at radius 1 is 1.06 bits per heavy atom. The van der Waals surface area contributed by atoms with Crippen LogP contribution in [0, 0.1) is 24.4 Å². The zero-order chi connectivity index (χ0) is 23.2. The van der Waals surface area contributed by atoms with Crippen LogP contribution in [-0.2, 0) is 9.53 Å². The minimum atomic E-state index is -1.20. The highest BCUT2D eigenvalue weighted by atomic mass is 19.2. The summed E-state index contributed by atoms with van der Waals surface area (Å²) in [6.07, 6.45) is 0. The van der Waals surface area contributed by atoms with Gasteiger partial charge >= 0.3 is 5.97 Å². The highest BCUT2D eigenvalue weighted by Gasteiger charge is 2.32. The molecule has 0 aliphatic carbocycles. The third-order valence-corrected chi connectivity index (χ3v) is 4.90. The van der Waals surface area contributed by atoms with E-state index in [4.69, 9.17) is 4.74 Å². The van der Waals surface area contributed by atoms with Crippen molar-refractivity contribution >= 4 is 22.8 Å². The summed E-state index contributed by atoms with van der Waals surface area (Å²) >= 11 is 0. The Bertz CT molecular complexity index is 1210. The van der Waals surface area contributed by atoms with Crippen LogP contribution in [-0.4, -0.2) is 27.2 Å². The molecule has 1 atom stereocenters. The lowest BCUT2D eigenvalue weighted by molar-refractivity contribution is -0.156. The Morgan fingerprint density at radius 2 is 1.71 bits per heavy atom. The van der Waals surface area contributed by atoms with E-state index in [0.29, 0.717) is 0 Å². The van der Waals surface area contributed by atoms with Crippen LogP contribution in [0.15, 0.2) is 30.3 Å². The fourth-order valence-corrected chi connectivity index (χ4v) is 3.54. The van der Waals surface area contributed by atoms with Crippen molar-refractivity contribution in [3.05, 3.63) is 64.6 Å². The molecule has 164 valence electrons. The number of phenolic OH excluding ortho intramolecular Hbond substituents is 1. The zero-order valence-corrected chi connectivity index (χ0v) is 17.7. The number of hydrogen-bond acceptors (Lipinski definition) is 4. The van der Waals surface area contributed by atoms with E-state index in [1.165, 1.54) is 19.9 Å². The fraction of sp³-hybridized carbons (Fsp3) is 0.304. The number of fused-ring (bicyclic) bond motifs is 1. The Morgan fingerprint density at radius 3 is 2.29 bits per heavy atom. The monoisotopic (exact) mass is 433 g/mol. The van der Waals surface area contributed by atoms with Gasteiger partial charge in [0, 0.05) is 16.6 Å². The van der Waals surface area contributed by atoms with E-state index in [1.807, 2.05) is 0 Å². The van der Waals surface area contributed by atoms with Crippen LogP contribution in [0.25, 0.3) is 10.9 Å². The number of hydrogen-bond donors (Lipinski definition) is 1. The van der Waals surface area contributed by atoms with Crippen LogP contribution in [0.4, 0.5) is 13.2 Å². The number of benzene rings is 2. The maximum Gasteiger partial charge on any atom is 0.313 e. The smallest absolute Gasteiger partial charge is 0.313 e. The highest BCUT2D eigenvalue weighted by molar-refractivity contribution is 6.05. The molecular formula is C23H22F3NO4. The number of halogens is 3. The first kappa shape index (κ1) is 22.4. The number of carbonyl (C=O) groups is 2. The van der Waals surface area contributed by atoms with Crippen molar-refractivity contribution in [2.45, 2.75) is 46.1 Å². The minimum Gasteiger partial charge on any atom is -0.505 e. The van der Waals surface area contributed by atoms with Crippen molar-refractivity contribution in [3.8, 4) is 5.75 Å². The minimum absolute atomic E-state index is 0.0768. The lowest BCUT2D eigenvalue weighted by Crippen LogP contribution is -2.27. The summed E-state index contributed by atoms with van der Waals surface area (Å²) in [5.74, 6) is -6.32. The first-order valence-electron chi connectivity index (χ1n) is 9.58. The van der Waals surface area contributed by atoms with E-state index < -0.39 is 46.6 Å². The summed E-state index contributed by atoms with van der Waals surface area (Å²) < 4.78 is 48.5. The second-order valence-electron chi connectivity index (χ2n) is 8.32. The molecule has 0 aliphatic rings. The van der Waals surface area contributed by atoms with Crippen LogP contribution in [0.5, 0.6) is 5.75 Å². The number of carbonyl (C=O) groups excluding carboxylic acids is 2. The van der Waals surface area contributed by atoms with E-state index >= 15 is 0 Å². The molecule has 1 heterocycles. The van der Waals surface area contributed by atoms with Gasteiger partial charge < -0.3 is 9.84 Å². The van der Waals surface area contributed by atoms with E-state index in [9.17, 15) is 27.9 Å². The fourth-order valence-electron chi connectivity index (χ4n) is 3.54. The second kappa shape index (κ2) is 7.76. The molecule has 0 aliphatic heterocycles. The number of aromatic nitrogens is 1. The number of ether oxygens (including phenoxy) is 1. The molecule has 0 bridgehead atoms. The van der Waals surface area contributed by atoms with Crippen LogP contribution < -0.4 is 0 Å². The Labute approximate surface area is 177 Å². The summed E-state index contributed by atoms with van der Waals surface area (Å²) in [5, 5.41) is 9.78. The molecule has 2 aromatic carbocycles. The molecule has 1 N–H and O–H groups in total. The molecule has 1 unspecified atom stereocenters. The summed E-state index contributed by atoms with van der Waals surface area (Å²) in [4.78, 5) is 25.8. The average Bonchev–Trinajstić information content (AvgIpc) is 2.97. The quantitative estimate of drug-likeness (QED) is 0.576. The standard InChI is InChI=1S/C23H22F3NO4/c1-11(22(30)31-23(3,4)5)18-12(2)27(16-8-9-17(28)20(26)19(16)18)21(29)13-6-7-14(24)15(25)10-13/h6-11,28H,1-5H3. The van der Waals surface area contributed by atoms with E-state index in [2.05, 4.69) is 0 Å². The lowest BCUT2D eigenvalue weighted by Gasteiger charge is -2.22. The molecule has 8 heteroatoms. The van der Waals surface area contributed by atoms with E-state index in [0.717, 1.165) is 28.8 Å². The van der Waals surface area contributed by atoms with Gasteiger partial charge in [0.1, 0.15) is 5.60 Å². The molecule has 0 saturated carbocycles. The normalized spacial score (nSPS) is 12.8. The molecule has 5 nitrogen and oxygen atoms in total. The maximum absolute atomic E-state index is 15.0. The number of phenols is 1. The van der Waals surface area contributed by atoms with Crippen molar-refractivity contribution in [1.82, 2.24) is 4.57 Å². The van der Waals surface area contributed by atoms with Crippen molar-refractivity contribution in [2.75, 3.05) is 0 Å². The number of rotatable bonds is 3.